The Hall–Kier alpha value is 0.250. The molecule has 0 radical (unpaired) electrons. The third-order valence-corrected chi connectivity index (χ3v) is 1.38. The lowest BCUT2D eigenvalue weighted by Crippen LogP contribution is -2.23. The summed E-state index contributed by atoms with van der Waals surface area (Å²) in [4.78, 5) is 0. The smallest absolute Gasteiger partial charge is 0.0223 e. The van der Waals surface area contributed by atoms with Crippen LogP contribution >= 0.6 is 11.6 Å². The summed E-state index contributed by atoms with van der Waals surface area (Å²) in [6, 6.07) is 0.611. The van der Waals surface area contributed by atoms with Crippen LogP contribution in [0.25, 0.3) is 0 Å². The van der Waals surface area contributed by atoms with Gasteiger partial charge < -0.3 is 5.32 Å². The van der Waals surface area contributed by atoms with Gasteiger partial charge in [0.15, 0.2) is 0 Å². The molecule has 1 N–H and O–H groups in total. The fourth-order valence-corrected chi connectivity index (χ4v) is 0.799. The lowest BCUT2D eigenvalue weighted by molar-refractivity contribution is 0.567. The summed E-state index contributed by atoms with van der Waals surface area (Å²) in [5, 5.41) is 3.32. The van der Waals surface area contributed by atoms with Crippen LogP contribution in [0, 0.1) is 0 Å². The van der Waals surface area contributed by atoms with Crippen LogP contribution in [0.3, 0.4) is 0 Å². The molecule has 0 aliphatic rings. The van der Waals surface area contributed by atoms with Gasteiger partial charge in [0, 0.05) is 11.9 Å². The number of hydrogen-bond acceptors (Lipinski definition) is 1. The van der Waals surface area contributed by atoms with Crippen LogP contribution in [0.15, 0.2) is 0 Å². The Balaban J connectivity index is 2.75. The first-order chi connectivity index (χ1) is 4.27. The first-order valence-corrected chi connectivity index (χ1v) is 4.10. The molecule has 0 aromatic heterocycles. The lowest BCUT2D eigenvalue weighted by atomic mass is 10.3. The molecule has 0 saturated heterocycles. The highest BCUT2D eigenvalue weighted by molar-refractivity contribution is 6.17. The molecule has 0 rings (SSSR count). The number of alkyl halides is 1. The summed E-state index contributed by atoms with van der Waals surface area (Å²) in [7, 11) is 0. The largest absolute Gasteiger partial charge is 0.315 e. The van der Waals surface area contributed by atoms with E-state index >= 15 is 0 Å². The van der Waals surface area contributed by atoms with Crippen molar-refractivity contribution in [3.8, 4) is 0 Å². The van der Waals surface area contributed by atoms with Crippen molar-refractivity contribution >= 4 is 11.6 Å². The van der Waals surface area contributed by atoms with E-state index < -0.39 is 0 Å². The van der Waals surface area contributed by atoms with E-state index in [1.807, 2.05) is 0 Å². The molecule has 0 unspecified atom stereocenters. The molecular weight excluding hydrogens is 134 g/mol. The van der Waals surface area contributed by atoms with Gasteiger partial charge in [-0.15, -0.1) is 11.6 Å². The van der Waals surface area contributed by atoms with Crippen LogP contribution in [0.2, 0.25) is 0 Å². The van der Waals surface area contributed by atoms with E-state index in [0.717, 1.165) is 18.8 Å². The van der Waals surface area contributed by atoms with Crippen molar-refractivity contribution in [3.05, 3.63) is 0 Å². The molecule has 2 heteroatoms. The fraction of sp³-hybridized carbons (Fsp3) is 1.00. The molecule has 0 aliphatic heterocycles. The molecule has 0 atom stereocenters. The zero-order valence-corrected chi connectivity index (χ0v) is 7.04. The van der Waals surface area contributed by atoms with Gasteiger partial charge in [0.25, 0.3) is 0 Å². The molecule has 0 aromatic carbocycles. The molecule has 0 saturated carbocycles. The van der Waals surface area contributed by atoms with Crippen molar-refractivity contribution in [2.24, 2.45) is 0 Å². The third kappa shape index (κ3) is 8.25. The Morgan fingerprint density at radius 1 is 1.33 bits per heavy atom. The number of hydrogen-bond donors (Lipinski definition) is 1. The Morgan fingerprint density at radius 3 is 2.44 bits per heavy atom. The predicted octanol–water partition coefficient (Wildman–Crippen LogP) is 2.00. The van der Waals surface area contributed by atoms with Crippen molar-refractivity contribution < 1.29 is 0 Å². The molecular formula is C7H16ClN. The first-order valence-electron chi connectivity index (χ1n) is 3.56. The number of nitrogens with one attached hydrogen (secondary N) is 1. The van der Waals surface area contributed by atoms with Gasteiger partial charge in [-0.3, -0.25) is 0 Å². The second-order valence-corrected chi connectivity index (χ2v) is 2.88. The predicted molar refractivity (Wildman–Crippen MR) is 43.1 cm³/mol. The molecule has 56 valence electrons. The second kappa shape index (κ2) is 6.37. The average Bonchev–Trinajstić information content (AvgIpc) is 1.80. The monoisotopic (exact) mass is 149 g/mol. The van der Waals surface area contributed by atoms with Crippen molar-refractivity contribution in [1.29, 1.82) is 0 Å². The molecule has 1 nitrogen and oxygen atoms in total. The van der Waals surface area contributed by atoms with E-state index in [2.05, 4.69) is 19.2 Å². The van der Waals surface area contributed by atoms with Crippen molar-refractivity contribution in [3.63, 3.8) is 0 Å². The van der Waals surface area contributed by atoms with Gasteiger partial charge >= 0.3 is 0 Å². The molecule has 0 aromatic rings. The number of halogens is 1. The van der Waals surface area contributed by atoms with E-state index in [-0.39, 0.29) is 0 Å². The molecule has 0 bridgehead atoms. The van der Waals surface area contributed by atoms with E-state index in [1.165, 1.54) is 6.42 Å². The summed E-state index contributed by atoms with van der Waals surface area (Å²) < 4.78 is 0. The van der Waals surface area contributed by atoms with E-state index in [4.69, 9.17) is 11.6 Å². The Morgan fingerprint density at radius 2 is 2.00 bits per heavy atom. The molecule has 0 amide bonds. The highest BCUT2D eigenvalue weighted by Gasteiger charge is 1.89. The van der Waals surface area contributed by atoms with Crippen molar-refractivity contribution in [2.75, 3.05) is 12.4 Å². The molecule has 0 heterocycles. The standard InChI is InChI=1S/C7H16ClN/c1-7(2)9-6-4-3-5-8/h7,9H,3-6H2,1-2H3. The lowest BCUT2D eigenvalue weighted by Gasteiger charge is -2.05. The maximum absolute atomic E-state index is 5.49. The highest BCUT2D eigenvalue weighted by Crippen LogP contribution is 1.89. The van der Waals surface area contributed by atoms with Crippen LogP contribution in [-0.2, 0) is 0 Å². The van der Waals surface area contributed by atoms with Gasteiger partial charge in [-0.25, -0.2) is 0 Å². The maximum Gasteiger partial charge on any atom is 0.0223 e. The first kappa shape index (κ1) is 9.25. The zero-order chi connectivity index (χ0) is 7.11. The van der Waals surface area contributed by atoms with Crippen LogP contribution in [-0.4, -0.2) is 18.5 Å². The Labute approximate surface area is 62.8 Å². The fourth-order valence-electron chi connectivity index (χ4n) is 0.610. The third-order valence-electron chi connectivity index (χ3n) is 1.11. The van der Waals surface area contributed by atoms with Gasteiger partial charge in [-0.05, 0) is 19.4 Å². The van der Waals surface area contributed by atoms with Crippen LogP contribution in [0.1, 0.15) is 26.7 Å². The minimum absolute atomic E-state index is 0.611. The second-order valence-electron chi connectivity index (χ2n) is 2.50. The molecule has 0 fully saturated rings. The summed E-state index contributed by atoms with van der Waals surface area (Å²) in [5.41, 5.74) is 0. The Bertz CT molecular complexity index is 54.9. The summed E-state index contributed by atoms with van der Waals surface area (Å²) in [5.74, 6) is 0.791. The van der Waals surface area contributed by atoms with Gasteiger partial charge in [0.05, 0.1) is 0 Å². The van der Waals surface area contributed by atoms with Gasteiger partial charge in [0.2, 0.25) is 0 Å². The normalized spacial score (nSPS) is 10.7. The summed E-state index contributed by atoms with van der Waals surface area (Å²) >= 11 is 5.49. The quantitative estimate of drug-likeness (QED) is 0.466. The number of rotatable bonds is 5. The Kier molecular flexibility index (Phi) is 6.55. The van der Waals surface area contributed by atoms with Crippen molar-refractivity contribution in [1.82, 2.24) is 5.32 Å². The summed E-state index contributed by atoms with van der Waals surface area (Å²) in [6.45, 7) is 5.41. The average molecular weight is 150 g/mol. The van der Waals surface area contributed by atoms with Gasteiger partial charge in [0.1, 0.15) is 0 Å². The topological polar surface area (TPSA) is 12.0 Å². The minimum atomic E-state index is 0.611. The molecule has 9 heavy (non-hydrogen) atoms. The van der Waals surface area contributed by atoms with Crippen LogP contribution in [0.4, 0.5) is 0 Å². The van der Waals surface area contributed by atoms with Crippen LogP contribution in [0.5, 0.6) is 0 Å². The van der Waals surface area contributed by atoms with Crippen LogP contribution < -0.4 is 5.32 Å². The van der Waals surface area contributed by atoms with E-state index in [9.17, 15) is 0 Å². The van der Waals surface area contributed by atoms with Gasteiger partial charge in [-0.2, -0.15) is 0 Å². The number of unbranched alkanes of at least 4 members (excludes halogenated alkanes) is 1. The minimum Gasteiger partial charge on any atom is -0.315 e. The summed E-state index contributed by atoms with van der Waals surface area (Å²) in [6.07, 6.45) is 2.32. The molecule has 0 spiro atoms. The van der Waals surface area contributed by atoms with E-state index in [0.29, 0.717) is 6.04 Å². The molecule has 0 aliphatic carbocycles. The zero-order valence-electron chi connectivity index (χ0n) is 6.28. The SMILES string of the molecule is CC(C)NCCCCCl. The maximum atomic E-state index is 5.49. The van der Waals surface area contributed by atoms with Gasteiger partial charge in [-0.1, -0.05) is 13.8 Å². The van der Waals surface area contributed by atoms with E-state index in [1.54, 1.807) is 0 Å². The van der Waals surface area contributed by atoms with Crippen molar-refractivity contribution in [2.45, 2.75) is 32.7 Å². The highest BCUT2D eigenvalue weighted by atomic mass is 35.5.